The fourth-order valence-electron chi connectivity index (χ4n) is 0.836. The summed E-state index contributed by atoms with van der Waals surface area (Å²) >= 11 is 0. The van der Waals surface area contributed by atoms with Crippen molar-refractivity contribution < 1.29 is 14.4 Å². The van der Waals surface area contributed by atoms with Gasteiger partial charge in [-0.2, -0.15) is 0 Å². The lowest BCUT2D eigenvalue weighted by molar-refractivity contribution is -0.142. The van der Waals surface area contributed by atoms with Crippen LogP contribution in [-0.2, 0) is 9.32 Å². The smallest absolute Gasteiger partial charge is 0.341 e. The second kappa shape index (κ2) is 4.19. The maximum absolute atomic E-state index is 10.8. The molecule has 3 nitrogen and oxygen atoms in total. The van der Waals surface area contributed by atoms with Crippen LogP contribution in [0.25, 0.3) is 0 Å². The molecule has 2 unspecified atom stereocenters. The molecule has 0 aliphatic heterocycles. The van der Waals surface area contributed by atoms with Gasteiger partial charge in [0.15, 0.2) is 6.10 Å². The summed E-state index contributed by atoms with van der Waals surface area (Å²) in [6, 6.07) is 8.62. The van der Waals surface area contributed by atoms with Gasteiger partial charge in [-0.1, -0.05) is 30.3 Å². The first-order valence-corrected chi connectivity index (χ1v) is 3.86. The van der Waals surface area contributed by atoms with Crippen LogP contribution >= 0.6 is 9.47 Å². The summed E-state index contributed by atoms with van der Waals surface area (Å²) in [5.41, 5.74) is 0.532. The van der Waals surface area contributed by atoms with Gasteiger partial charge < -0.3 is 9.63 Å². The summed E-state index contributed by atoms with van der Waals surface area (Å²) < 4.78 is 4.29. The molecule has 0 spiro atoms. The molecule has 0 saturated heterocycles. The molecule has 0 saturated carbocycles. The normalized spacial score (nSPS) is 12.2. The van der Waals surface area contributed by atoms with Crippen LogP contribution < -0.4 is 0 Å². The molecule has 0 aliphatic rings. The zero-order valence-corrected chi connectivity index (χ0v) is 7.46. The number of carbonyl (C=O) groups excluding carboxylic acids is 1. The molecule has 1 aromatic rings. The highest BCUT2D eigenvalue weighted by atomic mass is 31.0. The molecule has 1 aromatic carbocycles. The van der Waals surface area contributed by atoms with Crippen molar-refractivity contribution in [2.45, 2.75) is 6.10 Å². The molecule has 0 bridgehead atoms. The van der Waals surface area contributed by atoms with Crippen molar-refractivity contribution in [2.24, 2.45) is 0 Å². The Hall–Kier alpha value is -0.920. The van der Waals surface area contributed by atoms with E-state index in [1.54, 1.807) is 33.7 Å². The number of aliphatic hydroxyl groups excluding tert-OH is 1. The number of hydrogen-bond acceptors (Lipinski definition) is 3. The van der Waals surface area contributed by atoms with Crippen LogP contribution in [0.2, 0.25) is 0 Å². The minimum absolute atomic E-state index is 0.532. The van der Waals surface area contributed by atoms with Crippen LogP contribution in [0.5, 0.6) is 0 Å². The van der Waals surface area contributed by atoms with E-state index >= 15 is 0 Å². The van der Waals surface area contributed by atoms with Gasteiger partial charge >= 0.3 is 5.97 Å². The Labute approximate surface area is 72.6 Å². The Morgan fingerprint density at radius 3 is 2.50 bits per heavy atom. The van der Waals surface area contributed by atoms with Gasteiger partial charge in [-0.3, -0.25) is 0 Å². The molecule has 1 rings (SSSR count). The average molecular weight is 184 g/mol. The molecule has 0 radical (unpaired) electrons. The van der Waals surface area contributed by atoms with Crippen molar-refractivity contribution in [3.63, 3.8) is 0 Å². The second-order valence-electron chi connectivity index (χ2n) is 2.25. The third kappa shape index (κ3) is 2.03. The molecule has 2 atom stereocenters. The lowest BCUT2D eigenvalue weighted by Gasteiger charge is -2.06. The van der Waals surface area contributed by atoms with Crippen molar-refractivity contribution in [1.82, 2.24) is 0 Å². The first-order valence-electron chi connectivity index (χ1n) is 3.39. The molecule has 0 aromatic heterocycles. The van der Waals surface area contributed by atoms with Gasteiger partial charge in [-0.15, -0.1) is 0 Å². The standard InChI is InChI=1S/C8H9O3P/c9-7(8(10)11-12)6-4-2-1-3-5-6/h1-5,7,9H,12H2. The minimum Gasteiger partial charge on any atom is -0.449 e. The van der Waals surface area contributed by atoms with Crippen molar-refractivity contribution in [3.8, 4) is 0 Å². The van der Waals surface area contributed by atoms with Crippen molar-refractivity contribution >= 4 is 15.4 Å². The predicted octanol–water partition coefficient (Wildman–Crippen LogP) is 1.05. The summed E-state index contributed by atoms with van der Waals surface area (Å²) in [5.74, 6) is -0.675. The van der Waals surface area contributed by atoms with Crippen LogP contribution in [0.15, 0.2) is 30.3 Å². The molecule has 1 N–H and O–H groups in total. The predicted molar refractivity (Wildman–Crippen MR) is 47.2 cm³/mol. The van der Waals surface area contributed by atoms with E-state index in [1.165, 1.54) is 0 Å². The zero-order valence-electron chi connectivity index (χ0n) is 6.31. The van der Waals surface area contributed by atoms with E-state index in [0.717, 1.165) is 0 Å². The number of hydrogen-bond donors (Lipinski definition) is 1. The van der Waals surface area contributed by atoms with E-state index in [0.29, 0.717) is 5.56 Å². The Balaban J connectivity index is 2.78. The largest absolute Gasteiger partial charge is 0.449 e. The highest BCUT2D eigenvalue weighted by Gasteiger charge is 2.16. The molecular weight excluding hydrogens is 175 g/mol. The van der Waals surface area contributed by atoms with Crippen molar-refractivity contribution in [3.05, 3.63) is 35.9 Å². The molecule has 0 heterocycles. The number of benzene rings is 1. The third-order valence-electron chi connectivity index (χ3n) is 1.45. The summed E-state index contributed by atoms with van der Waals surface area (Å²) in [6.07, 6.45) is -1.19. The molecule has 0 amide bonds. The van der Waals surface area contributed by atoms with Crippen molar-refractivity contribution in [1.29, 1.82) is 0 Å². The van der Waals surface area contributed by atoms with Gasteiger partial charge in [0.25, 0.3) is 0 Å². The SMILES string of the molecule is O=C(OP)C(O)c1ccccc1. The lowest BCUT2D eigenvalue weighted by Crippen LogP contribution is -2.10. The Kier molecular flexibility index (Phi) is 3.20. The van der Waals surface area contributed by atoms with Gasteiger partial charge in [-0.25, -0.2) is 4.79 Å². The summed E-state index contributed by atoms with van der Waals surface area (Å²) in [6.45, 7) is 0. The van der Waals surface area contributed by atoms with Gasteiger partial charge in [0.1, 0.15) is 0 Å². The van der Waals surface area contributed by atoms with Crippen LogP contribution in [0, 0.1) is 0 Å². The topological polar surface area (TPSA) is 46.5 Å². The maximum Gasteiger partial charge on any atom is 0.341 e. The molecular formula is C8H9O3P. The highest BCUT2D eigenvalue weighted by Crippen LogP contribution is 2.14. The van der Waals surface area contributed by atoms with Gasteiger partial charge in [-0.05, 0) is 5.56 Å². The number of rotatable bonds is 2. The monoisotopic (exact) mass is 184 g/mol. The van der Waals surface area contributed by atoms with Crippen LogP contribution in [0.4, 0.5) is 0 Å². The maximum atomic E-state index is 10.8. The summed E-state index contributed by atoms with van der Waals surface area (Å²) in [5, 5.41) is 9.30. The Bertz CT molecular complexity index is 260. The van der Waals surface area contributed by atoms with Gasteiger partial charge in [0, 0.05) is 0 Å². The first kappa shape index (κ1) is 9.17. The van der Waals surface area contributed by atoms with E-state index in [1.807, 2.05) is 6.07 Å². The summed E-state index contributed by atoms with van der Waals surface area (Å²) in [4.78, 5) is 10.8. The second-order valence-corrected chi connectivity index (χ2v) is 2.49. The molecule has 0 fully saturated rings. The van der Waals surface area contributed by atoms with Crippen LogP contribution in [0.3, 0.4) is 0 Å². The van der Waals surface area contributed by atoms with Crippen molar-refractivity contribution in [2.75, 3.05) is 0 Å². The summed E-state index contributed by atoms with van der Waals surface area (Å²) in [7, 11) is 1.80. The number of carbonyl (C=O) groups is 1. The quantitative estimate of drug-likeness (QED) is 0.699. The fraction of sp³-hybridized carbons (Fsp3) is 0.125. The van der Waals surface area contributed by atoms with E-state index in [9.17, 15) is 9.90 Å². The minimum atomic E-state index is -1.19. The van der Waals surface area contributed by atoms with E-state index in [-0.39, 0.29) is 0 Å². The van der Waals surface area contributed by atoms with E-state index < -0.39 is 12.1 Å². The highest BCUT2D eigenvalue weighted by molar-refractivity contribution is 7.10. The fourth-order valence-corrected chi connectivity index (χ4v) is 0.965. The zero-order chi connectivity index (χ0) is 8.97. The average Bonchev–Trinajstić information content (AvgIpc) is 2.17. The van der Waals surface area contributed by atoms with Gasteiger partial charge in [0.05, 0.1) is 9.47 Å². The number of aliphatic hydroxyl groups is 1. The Morgan fingerprint density at radius 2 is 2.00 bits per heavy atom. The molecule has 64 valence electrons. The lowest BCUT2D eigenvalue weighted by atomic mass is 10.1. The Morgan fingerprint density at radius 1 is 1.42 bits per heavy atom. The molecule has 12 heavy (non-hydrogen) atoms. The third-order valence-corrected chi connectivity index (χ3v) is 1.69. The van der Waals surface area contributed by atoms with E-state index in [4.69, 9.17) is 0 Å². The van der Waals surface area contributed by atoms with Crippen LogP contribution in [-0.4, -0.2) is 11.1 Å². The van der Waals surface area contributed by atoms with Gasteiger partial charge in [0.2, 0.25) is 0 Å². The van der Waals surface area contributed by atoms with Crippen LogP contribution in [0.1, 0.15) is 11.7 Å². The molecule has 0 aliphatic carbocycles. The first-order chi connectivity index (χ1) is 5.75. The molecule has 4 heteroatoms. The van der Waals surface area contributed by atoms with E-state index in [2.05, 4.69) is 4.52 Å².